The van der Waals surface area contributed by atoms with Crippen molar-refractivity contribution in [1.82, 2.24) is 4.98 Å². The van der Waals surface area contributed by atoms with Gasteiger partial charge in [0.05, 0.1) is 35.5 Å². The van der Waals surface area contributed by atoms with E-state index in [9.17, 15) is 19.1 Å². The summed E-state index contributed by atoms with van der Waals surface area (Å²) in [5, 5.41) is 11.4. The first-order valence-corrected chi connectivity index (χ1v) is 12.0. The van der Waals surface area contributed by atoms with Crippen LogP contribution in [0.4, 0.5) is 9.52 Å². The second-order valence-corrected chi connectivity index (χ2v) is 9.02. The Hall–Kier alpha value is -4.24. The summed E-state index contributed by atoms with van der Waals surface area (Å²) in [7, 11) is 1.51. The molecule has 1 aromatic heterocycles. The Morgan fingerprint density at radius 2 is 1.86 bits per heavy atom. The highest BCUT2D eigenvalue weighted by molar-refractivity contribution is 7.22. The van der Waals surface area contributed by atoms with E-state index in [-0.39, 0.29) is 11.1 Å². The van der Waals surface area contributed by atoms with Gasteiger partial charge >= 0.3 is 5.91 Å². The van der Waals surface area contributed by atoms with Crippen LogP contribution >= 0.6 is 11.3 Å². The molecule has 0 bridgehead atoms. The summed E-state index contributed by atoms with van der Waals surface area (Å²) >= 11 is 1.24. The predicted molar refractivity (Wildman–Crippen MR) is 135 cm³/mol. The van der Waals surface area contributed by atoms with Gasteiger partial charge in [0.25, 0.3) is 5.78 Å². The van der Waals surface area contributed by atoms with Crippen LogP contribution in [-0.4, -0.2) is 35.5 Å². The van der Waals surface area contributed by atoms with E-state index < -0.39 is 29.3 Å². The summed E-state index contributed by atoms with van der Waals surface area (Å²) in [6.45, 7) is 2.39. The van der Waals surface area contributed by atoms with E-state index in [1.165, 1.54) is 47.6 Å². The minimum Gasteiger partial charge on any atom is -0.507 e. The topological polar surface area (TPSA) is 89.0 Å². The molecule has 4 aromatic rings. The normalized spacial score (nSPS) is 17.1. The molecular weight excluding hydrogens is 483 g/mol. The number of ketones is 1. The van der Waals surface area contributed by atoms with Gasteiger partial charge < -0.3 is 14.6 Å². The van der Waals surface area contributed by atoms with Crippen LogP contribution in [0.25, 0.3) is 16.0 Å². The van der Waals surface area contributed by atoms with Crippen LogP contribution in [0.3, 0.4) is 0 Å². The second kappa shape index (κ2) is 9.43. The van der Waals surface area contributed by atoms with Crippen LogP contribution < -0.4 is 14.4 Å². The lowest BCUT2D eigenvalue weighted by molar-refractivity contribution is -0.132. The zero-order valence-electron chi connectivity index (χ0n) is 19.4. The van der Waals surface area contributed by atoms with Crippen LogP contribution in [0.2, 0.25) is 0 Å². The number of nitrogens with zero attached hydrogens (tertiary/aromatic N) is 2. The molecule has 1 aliphatic heterocycles. The van der Waals surface area contributed by atoms with Gasteiger partial charge in [-0.3, -0.25) is 14.5 Å². The van der Waals surface area contributed by atoms with Crippen LogP contribution in [-0.2, 0) is 9.59 Å². The van der Waals surface area contributed by atoms with E-state index in [0.29, 0.717) is 34.3 Å². The van der Waals surface area contributed by atoms with Crippen molar-refractivity contribution < 1.29 is 28.6 Å². The van der Waals surface area contributed by atoms with E-state index in [1.54, 1.807) is 36.4 Å². The van der Waals surface area contributed by atoms with Crippen molar-refractivity contribution in [2.75, 3.05) is 18.6 Å². The van der Waals surface area contributed by atoms with Crippen molar-refractivity contribution in [3.05, 3.63) is 89.2 Å². The number of rotatable bonds is 6. The number of aliphatic hydroxyl groups is 1. The number of anilines is 1. The molecule has 7 nitrogen and oxygen atoms in total. The maximum atomic E-state index is 13.5. The number of carbonyl (C=O) groups is 2. The number of aliphatic hydroxyl groups excluding tert-OH is 1. The van der Waals surface area contributed by atoms with Crippen molar-refractivity contribution in [2.24, 2.45) is 0 Å². The molecule has 36 heavy (non-hydrogen) atoms. The molecular formula is C27H21FN2O5S. The van der Waals surface area contributed by atoms with Crippen molar-refractivity contribution in [2.45, 2.75) is 13.0 Å². The minimum atomic E-state index is -0.975. The second-order valence-electron chi connectivity index (χ2n) is 8.01. The first kappa shape index (κ1) is 23.5. The van der Waals surface area contributed by atoms with Crippen LogP contribution in [0.15, 0.2) is 72.3 Å². The highest BCUT2D eigenvalue weighted by atomic mass is 32.1. The summed E-state index contributed by atoms with van der Waals surface area (Å²) in [5.74, 6) is -1.39. The number of amides is 1. The highest BCUT2D eigenvalue weighted by Gasteiger charge is 2.48. The third-order valence-electron chi connectivity index (χ3n) is 5.84. The molecule has 0 aliphatic carbocycles. The zero-order valence-corrected chi connectivity index (χ0v) is 20.2. The van der Waals surface area contributed by atoms with E-state index in [2.05, 4.69) is 4.98 Å². The summed E-state index contributed by atoms with van der Waals surface area (Å²) in [6, 6.07) is 16.4. The van der Waals surface area contributed by atoms with Gasteiger partial charge in [-0.25, -0.2) is 9.37 Å². The number of halogens is 1. The fraction of sp³-hybridized carbons (Fsp3) is 0.148. The maximum absolute atomic E-state index is 13.5. The molecule has 0 saturated carbocycles. The third kappa shape index (κ3) is 4.07. The first-order chi connectivity index (χ1) is 17.4. The molecule has 2 heterocycles. The van der Waals surface area contributed by atoms with Gasteiger partial charge in [0, 0.05) is 5.56 Å². The molecule has 0 spiro atoms. The monoisotopic (exact) mass is 504 g/mol. The van der Waals surface area contributed by atoms with Crippen molar-refractivity contribution >= 4 is 44.1 Å². The largest absolute Gasteiger partial charge is 0.507 e. The predicted octanol–water partition coefficient (Wildman–Crippen LogP) is 5.47. The number of thiazole rings is 1. The van der Waals surface area contributed by atoms with Gasteiger partial charge in [-0.1, -0.05) is 23.5 Å². The maximum Gasteiger partial charge on any atom is 0.301 e. The number of fused-ring (bicyclic) bond motifs is 1. The molecule has 1 fully saturated rings. The summed E-state index contributed by atoms with van der Waals surface area (Å²) < 4.78 is 25.2. The molecule has 1 N–H and O–H groups in total. The molecule has 182 valence electrons. The number of carbonyl (C=O) groups excluding carboxylic acids is 2. The van der Waals surface area contributed by atoms with Crippen LogP contribution in [0.5, 0.6) is 11.5 Å². The van der Waals surface area contributed by atoms with Crippen molar-refractivity contribution in [1.29, 1.82) is 0 Å². The Balaban J connectivity index is 1.70. The first-order valence-electron chi connectivity index (χ1n) is 11.2. The SMILES string of the molecule is CCOc1ccc2nc(N3C(=O)C(=O)C(=C(O)c4ccc(F)cc4)[C@H]3c3cccc(OC)c3)sc2c1. The molecule has 1 aliphatic rings. The van der Waals surface area contributed by atoms with E-state index in [0.717, 1.165) is 4.70 Å². The number of aromatic nitrogens is 1. The van der Waals surface area contributed by atoms with Crippen molar-refractivity contribution in [3.63, 3.8) is 0 Å². The Kier molecular flexibility index (Phi) is 6.15. The number of methoxy groups -OCH3 is 1. The number of hydrogen-bond acceptors (Lipinski definition) is 7. The lowest BCUT2D eigenvalue weighted by atomic mass is 9.95. The van der Waals surface area contributed by atoms with Crippen LogP contribution in [0.1, 0.15) is 24.1 Å². The van der Waals surface area contributed by atoms with Gasteiger partial charge in [-0.05, 0) is 67.1 Å². The lowest BCUT2D eigenvalue weighted by Gasteiger charge is -2.23. The fourth-order valence-electron chi connectivity index (χ4n) is 4.17. The highest BCUT2D eigenvalue weighted by Crippen LogP contribution is 2.45. The van der Waals surface area contributed by atoms with E-state index in [1.807, 2.05) is 13.0 Å². The number of benzene rings is 3. The zero-order chi connectivity index (χ0) is 25.4. The number of hydrogen-bond donors (Lipinski definition) is 1. The quantitative estimate of drug-likeness (QED) is 0.213. The van der Waals surface area contributed by atoms with Gasteiger partial charge in [0.1, 0.15) is 23.1 Å². The third-order valence-corrected chi connectivity index (χ3v) is 6.85. The number of ether oxygens (including phenoxy) is 2. The van der Waals surface area contributed by atoms with Crippen molar-refractivity contribution in [3.8, 4) is 11.5 Å². The summed E-state index contributed by atoms with van der Waals surface area (Å²) in [4.78, 5) is 32.6. The molecule has 0 unspecified atom stereocenters. The average molecular weight is 505 g/mol. The molecule has 1 amide bonds. The van der Waals surface area contributed by atoms with Gasteiger partial charge in [0.2, 0.25) is 0 Å². The van der Waals surface area contributed by atoms with Gasteiger partial charge in [-0.2, -0.15) is 0 Å². The van der Waals surface area contributed by atoms with Gasteiger partial charge in [-0.15, -0.1) is 0 Å². The molecule has 1 atom stereocenters. The summed E-state index contributed by atoms with van der Waals surface area (Å²) in [6.07, 6.45) is 0. The Labute approximate surface area is 210 Å². The fourth-order valence-corrected chi connectivity index (χ4v) is 5.19. The smallest absolute Gasteiger partial charge is 0.301 e. The molecule has 0 radical (unpaired) electrons. The Morgan fingerprint density at radius 3 is 2.58 bits per heavy atom. The molecule has 9 heteroatoms. The summed E-state index contributed by atoms with van der Waals surface area (Å²) in [5.41, 5.74) is 1.29. The lowest BCUT2D eigenvalue weighted by Crippen LogP contribution is -2.29. The average Bonchev–Trinajstić information content (AvgIpc) is 3.42. The molecule has 3 aromatic carbocycles. The number of Topliss-reactive ketones (excluding diaryl/α,β-unsaturated/α-hetero) is 1. The van der Waals surface area contributed by atoms with Gasteiger partial charge in [0.15, 0.2) is 5.13 Å². The Morgan fingerprint density at radius 1 is 1.08 bits per heavy atom. The molecule has 5 rings (SSSR count). The Bertz CT molecular complexity index is 1510. The van der Waals surface area contributed by atoms with E-state index >= 15 is 0 Å². The standard InChI is InChI=1S/C27H21FN2O5S/c1-3-35-19-11-12-20-21(14-19)36-27(29-20)30-23(16-5-4-6-18(13-16)34-2)22(25(32)26(30)33)24(31)15-7-9-17(28)10-8-15/h4-14,23,31H,3H2,1-2H3/t23-/m1/s1. The minimum absolute atomic E-state index is 0.117. The molecule has 1 saturated heterocycles. The van der Waals surface area contributed by atoms with E-state index in [4.69, 9.17) is 9.47 Å². The van der Waals surface area contributed by atoms with Crippen LogP contribution in [0, 0.1) is 5.82 Å².